The first-order chi connectivity index (χ1) is 14.2. The predicted molar refractivity (Wildman–Crippen MR) is 112 cm³/mol. The summed E-state index contributed by atoms with van der Waals surface area (Å²) in [4.78, 5) is 41.5. The van der Waals surface area contributed by atoms with Crippen molar-refractivity contribution in [1.82, 2.24) is 15.1 Å². The number of carbonyl (C=O) groups excluding carboxylic acids is 3. The van der Waals surface area contributed by atoms with Crippen molar-refractivity contribution in [2.24, 2.45) is 0 Å². The molecule has 2 aliphatic heterocycles. The van der Waals surface area contributed by atoms with Gasteiger partial charge in [0.15, 0.2) is 9.84 Å². The van der Waals surface area contributed by atoms with E-state index in [4.69, 9.17) is 0 Å². The molecule has 1 aromatic rings. The molecule has 0 saturated carbocycles. The maximum Gasteiger partial charge on any atom is 0.325 e. The minimum absolute atomic E-state index is 0.0592. The first-order valence-corrected chi connectivity index (χ1v) is 12.3. The average Bonchev–Trinajstić information content (AvgIpc) is 3.20. The number of urea groups is 1. The van der Waals surface area contributed by atoms with Crippen LogP contribution in [-0.2, 0) is 25.0 Å². The number of carbonyl (C=O) groups is 3. The van der Waals surface area contributed by atoms with Gasteiger partial charge >= 0.3 is 6.03 Å². The molecule has 0 spiro atoms. The second kappa shape index (κ2) is 8.75. The Morgan fingerprint density at radius 2 is 1.93 bits per heavy atom. The summed E-state index contributed by atoms with van der Waals surface area (Å²) in [7, 11) is -3.16. The van der Waals surface area contributed by atoms with Gasteiger partial charge in [0.1, 0.15) is 12.1 Å². The summed E-state index contributed by atoms with van der Waals surface area (Å²) in [6.07, 6.45) is 2.32. The van der Waals surface area contributed by atoms with Gasteiger partial charge in [-0.1, -0.05) is 50.6 Å². The summed E-state index contributed by atoms with van der Waals surface area (Å²) in [6, 6.07) is 7.98. The monoisotopic (exact) mass is 435 g/mol. The molecule has 0 radical (unpaired) electrons. The van der Waals surface area contributed by atoms with E-state index in [1.807, 2.05) is 19.9 Å². The molecule has 0 bridgehead atoms. The summed E-state index contributed by atoms with van der Waals surface area (Å²) in [5.74, 6) is -0.854. The van der Waals surface area contributed by atoms with Gasteiger partial charge < -0.3 is 10.2 Å². The highest BCUT2D eigenvalue weighted by atomic mass is 32.2. The molecule has 30 heavy (non-hydrogen) atoms. The van der Waals surface area contributed by atoms with Crippen LogP contribution in [0.3, 0.4) is 0 Å². The SMILES string of the molecule is CCCCN(C(=O)CN1C(=O)N[C@](CC)(c2ccccc2)C1=O)[C@H]1CCS(=O)(=O)C1. The Morgan fingerprint density at radius 1 is 1.23 bits per heavy atom. The van der Waals surface area contributed by atoms with E-state index in [1.54, 1.807) is 29.2 Å². The van der Waals surface area contributed by atoms with Gasteiger partial charge in [-0.2, -0.15) is 0 Å². The third-order valence-corrected chi connectivity index (χ3v) is 7.74. The van der Waals surface area contributed by atoms with E-state index < -0.39 is 39.3 Å². The van der Waals surface area contributed by atoms with Crippen LogP contribution in [0.15, 0.2) is 30.3 Å². The van der Waals surface area contributed by atoms with Gasteiger partial charge in [0.2, 0.25) is 5.91 Å². The molecule has 164 valence electrons. The standard InChI is InChI=1S/C21H29N3O5S/c1-3-5-12-23(17-11-13-30(28,29)15-17)18(25)14-24-19(26)21(4-2,22-20(24)27)16-9-7-6-8-10-16/h6-10,17H,3-5,11-15H2,1-2H3,(H,22,27)/t17-,21+/m0/s1. The van der Waals surface area contributed by atoms with Crippen molar-refractivity contribution in [3.8, 4) is 0 Å². The Morgan fingerprint density at radius 3 is 2.50 bits per heavy atom. The number of hydrogen-bond donors (Lipinski definition) is 1. The summed E-state index contributed by atoms with van der Waals surface area (Å²) in [6.45, 7) is 3.82. The van der Waals surface area contributed by atoms with Crippen molar-refractivity contribution in [3.05, 3.63) is 35.9 Å². The Hall–Kier alpha value is -2.42. The van der Waals surface area contributed by atoms with Crippen LogP contribution >= 0.6 is 0 Å². The van der Waals surface area contributed by atoms with Gasteiger partial charge in [-0.15, -0.1) is 0 Å². The zero-order valence-corrected chi connectivity index (χ0v) is 18.3. The van der Waals surface area contributed by atoms with E-state index in [2.05, 4.69) is 5.32 Å². The number of nitrogens with zero attached hydrogens (tertiary/aromatic N) is 2. The van der Waals surface area contributed by atoms with Gasteiger partial charge in [-0.25, -0.2) is 13.2 Å². The van der Waals surface area contributed by atoms with Gasteiger partial charge in [0, 0.05) is 12.6 Å². The predicted octanol–water partition coefficient (Wildman–Crippen LogP) is 1.66. The normalized spacial score (nSPS) is 25.4. The van der Waals surface area contributed by atoms with E-state index in [-0.39, 0.29) is 18.1 Å². The molecule has 0 aromatic heterocycles. The van der Waals surface area contributed by atoms with Crippen molar-refractivity contribution in [2.75, 3.05) is 24.6 Å². The number of nitrogens with one attached hydrogen (secondary N) is 1. The molecule has 9 heteroatoms. The first-order valence-electron chi connectivity index (χ1n) is 10.4. The van der Waals surface area contributed by atoms with E-state index in [0.717, 1.165) is 17.7 Å². The lowest BCUT2D eigenvalue weighted by Gasteiger charge is -2.30. The van der Waals surface area contributed by atoms with Crippen molar-refractivity contribution >= 4 is 27.7 Å². The molecule has 2 aliphatic rings. The van der Waals surface area contributed by atoms with Crippen LogP contribution < -0.4 is 5.32 Å². The molecule has 1 N–H and O–H groups in total. The van der Waals surface area contributed by atoms with Crippen molar-refractivity contribution in [2.45, 2.75) is 51.1 Å². The van der Waals surface area contributed by atoms with Gasteiger partial charge in [-0.05, 0) is 24.8 Å². The van der Waals surface area contributed by atoms with Crippen LogP contribution in [0.2, 0.25) is 0 Å². The van der Waals surface area contributed by atoms with Crippen LogP contribution in [0.4, 0.5) is 4.79 Å². The van der Waals surface area contributed by atoms with Crippen LogP contribution in [-0.4, -0.2) is 66.7 Å². The zero-order valence-electron chi connectivity index (χ0n) is 17.5. The molecule has 3 rings (SSSR count). The number of rotatable bonds is 8. The molecule has 0 unspecified atom stereocenters. The summed E-state index contributed by atoms with van der Waals surface area (Å²) in [5, 5.41) is 2.77. The summed E-state index contributed by atoms with van der Waals surface area (Å²) < 4.78 is 23.8. The minimum Gasteiger partial charge on any atom is -0.337 e. The molecular formula is C21H29N3O5S. The number of benzene rings is 1. The molecular weight excluding hydrogens is 406 g/mol. The summed E-state index contributed by atoms with van der Waals surface area (Å²) >= 11 is 0. The topological polar surface area (TPSA) is 104 Å². The number of sulfone groups is 1. The third-order valence-electron chi connectivity index (χ3n) is 5.99. The fraction of sp³-hybridized carbons (Fsp3) is 0.571. The molecule has 2 heterocycles. The number of imide groups is 1. The molecule has 2 saturated heterocycles. The second-order valence-corrected chi connectivity index (χ2v) is 10.2. The van der Waals surface area contributed by atoms with Gasteiger partial charge in [0.25, 0.3) is 5.91 Å². The maximum absolute atomic E-state index is 13.2. The number of hydrogen-bond acceptors (Lipinski definition) is 5. The highest BCUT2D eigenvalue weighted by Crippen LogP contribution is 2.32. The smallest absolute Gasteiger partial charge is 0.325 e. The highest BCUT2D eigenvalue weighted by Gasteiger charge is 2.52. The van der Waals surface area contributed by atoms with Crippen LogP contribution in [0.25, 0.3) is 0 Å². The van der Waals surface area contributed by atoms with Gasteiger partial charge in [0.05, 0.1) is 11.5 Å². The third kappa shape index (κ3) is 4.21. The summed E-state index contributed by atoms with van der Waals surface area (Å²) in [5.41, 5.74) is -0.519. The van der Waals surface area contributed by atoms with Crippen molar-refractivity contribution in [1.29, 1.82) is 0 Å². The molecule has 0 aliphatic carbocycles. The Balaban J connectivity index is 1.80. The Labute approximate surface area is 177 Å². The van der Waals surface area contributed by atoms with Crippen LogP contribution in [0, 0.1) is 0 Å². The molecule has 8 nitrogen and oxygen atoms in total. The van der Waals surface area contributed by atoms with Crippen LogP contribution in [0.5, 0.6) is 0 Å². The van der Waals surface area contributed by atoms with Crippen molar-refractivity contribution in [3.63, 3.8) is 0 Å². The first kappa shape index (κ1) is 22.3. The van der Waals surface area contributed by atoms with Gasteiger partial charge in [-0.3, -0.25) is 14.5 Å². The molecule has 2 atom stereocenters. The van der Waals surface area contributed by atoms with E-state index in [9.17, 15) is 22.8 Å². The fourth-order valence-electron chi connectivity index (χ4n) is 4.22. The number of unbranched alkanes of at least 4 members (excludes halogenated alkanes) is 1. The second-order valence-electron chi connectivity index (χ2n) is 7.94. The lowest BCUT2D eigenvalue weighted by molar-refractivity contribution is -0.140. The zero-order chi connectivity index (χ0) is 21.9. The minimum atomic E-state index is -3.16. The van der Waals surface area contributed by atoms with E-state index >= 15 is 0 Å². The lowest BCUT2D eigenvalue weighted by atomic mass is 9.87. The van der Waals surface area contributed by atoms with E-state index in [1.165, 1.54) is 0 Å². The Kier molecular flexibility index (Phi) is 6.50. The quantitative estimate of drug-likeness (QED) is 0.626. The largest absolute Gasteiger partial charge is 0.337 e. The highest BCUT2D eigenvalue weighted by molar-refractivity contribution is 7.91. The molecule has 2 fully saturated rings. The van der Waals surface area contributed by atoms with Crippen molar-refractivity contribution < 1.29 is 22.8 Å². The van der Waals surface area contributed by atoms with E-state index in [0.29, 0.717) is 24.9 Å². The lowest BCUT2D eigenvalue weighted by Crippen LogP contribution is -2.49. The van der Waals surface area contributed by atoms with Crippen LogP contribution in [0.1, 0.15) is 45.1 Å². The average molecular weight is 436 g/mol. The number of amides is 4. The fourth-order valence-corrected chi connectivity index (χ4v) is 5.95. The molecule has 1 aromatic carbocycles. The Bertz CT molecular complexity index is 918. The molecule has 4 amide bonds. The maximum atomic E-state index is 13.2.